The standard InChI is InChI=1S/C6H10F3N/c1-5-3-2-4-10(5)6(7,8)9/h5H,2-4H2,1H3. The first-order chi connectivity index (χ1) is 4.52. The molecule has 1 atom stereocenters. The van der Waals surface area contributed by atoms with E-state index in [1.54, 1.807) is 6.92 Å². The van der Waals surface area contributed by atoms with E-state index < -0.39 is 6.30 Å². The fraction of sp³-hybridized carbons (Fsp3) is 1.00. The van der Waals surface area contributed by atoms with Crippen LogP contribution in [0.1, 0.15) is 19.8 Å². The predicted octanol–water partition coefficient (Wildman–Crippen LogP) is 1.99. The van der Waals surface area contributed by atoms with E-state index in [0.29, 0.717) is 17.7 Å². The average molecular weight is 153 g/mol. The summed E-state index contributed by atoms with van der Waals surface area (Å²) < 4.78 is 35.8. The molecule has 1 heterocycles. The molecular formula is C6H10F3N. The lowest BCUT2D eigenvalue weighted by Gasteiger charge is -2.23. The van der Waals surface area contributed by atoms with Gasteiger partial charge in [0.25, 0.3) is 0 Å². The first-order valence-corrected chi connectivity index (χ1v) is 3.35. The number of nitrogens with zero attached hydrogens (tertiary/aromatic N) is 1. The van der Waals surface area contributed by atoms with Crippen LogP contribution in [0.5, 0.6) is 0 Å². The monoisotopic (exact) mass is 153 g/mol. The van der Waals surface area contributed by atoms with Gasteiger partial charge in [0.05, 0.1) is 0 Å². The summed E-state index contributed by atoms with van der Waals surface area (Å²) in [4.78, 5) is 0.590. The third-order valence-corrected chi connectivity index (χ3v) is 1.88. The minimum atomic E-state index is -4.12. The predicted molar refractivity (Wildman–Crippen MR) is 31.5 cm³/mol. The Morgan fingerprint density at radius 2 is 2.00 bits per heavy atom. The molecule has 0 spiro atoms. The molecule has 0 bridgehead atoms. The second-order valence-corrected chi connectivity index (χ2v) is 2.65. The topological polar surface area (TPSA) is 3.24 Å². The number of halogens is 3. The lowest BCUT2D eigenvalue weighted by Crippen LogP contribution is -2.39. The van der Waals surface area contributed by atoms with Crippen molar-refractivity contribution in [2.45, 2.75) is 32.1 Å². The van der Waals surface area contributed by atoms with E-state index >= 15 is 0 Å². The minimum Gasteiger partial charge on any atom is -0.212 e. The van der Waals surface area contributed by atoms with Gasteiger partial charge in [0.2, 0.25) is 0 Å². The summed E-state index contributed by atoms with van der Waals surface area (Å²) in [6.45, 7) is 1.78. The van der Waals surface area contributed by atoms with Crippen LogP contribution < -0.4 is 0 Å². The van der Waals surface area contributed by atoms with Gasteiger partial charge >= 0.3 is 6.30 Å². The third-order valence-electron chi connectivity index (χ3n) is 1.88. The molecule has 0 radical (unpaired) electrons. The smallest absolute Gasteiger partial charge is 0.212 e. The molecule has 1 nitrogen and oxygen atoms in total. The van der Waals surface area contributed by atoms with Gasteiger partial charge in [0, 0.05) is 12.6 Å². The summed E-state index contributed by atoms with van der Waals surface area (Å²) >= 11 is 0. The summed E-state index contributed by atoms with van der Waals surface area (Å²) in [6, 6.07) is -0.319. The summed E-state index contributed by atoms with van der Waals surface area (Å²) in [7, 11) is 0. The van der Waals surface area contributed by atoms with Crippen LogP contribution in [0.15, 0.2) is 0 Å². The molecular weight excluding hydrogens is 143 g/mol. The van der Waals surface area contributed by atoms with Crippen LogP contribution in [-0.2, 0) is 0 Å². The van der Waals surface area contributed by atoms with Crippen LogP contribution in [0.2, 0.25) is 0 Å². The Bertz CT molecular complexity index is 121. The highest BCUT2D eigenvalue weighted by Gasteiger charge is 2.42. The molecule has 0 aromatic heterocycles. The van der Waals surface area contributed by atoms with Crippen molar-refractivity contribution < 1.29 is 13.2 Å². The van der Waals surface area contributed by atoms with Gasteiger partial charge in [-0.1, -0.05) is 0 Å². The van der Waals surface area contributed by atoms with Gasteiger partial charge in [-0.15, -0.1) is 0 Å². The van der Waals surface area contributed by atoms with E-state index in [1.807, 2.05) is 0 Å². The molecule has 0 saturated carbocycles. The number of likely N-dealkylation sites (tertiary alicyclic amines) is 1. The van der Waals surface area contributed by atoms with E-state index in [4.69, 9.17) is 0 Å². The molecule has 10 heavy (non-hydrogen) atoms. The van der Waals surface area contributed by atoms with Gasteiger partial charge < -0.3 is 0 Å². The van der Waals surface area contributed by atoms with Crippen LogP contribution in [0.3, 0.4) is 0 Å². The Morgan fingerprint density at radius 1 is 1.40 bits per heavy atom. The lowest BCUT2D eigenvalue weighted by molar-refractivity contribution is -0.248. The third kappa shape index (κ3) is 1.42. The first-order valence-electron chi connectivity index (χ1n) is 3.35. The molecule has 4 heteroatoms. The second-order valence-electron chi connectivity index (χ2n) is 2.65. The van der Waals surface area contributed by atoms with Gasteiger partial charge in [-0.2, -0.15) is 13.2 Å². The Kier molecular flexibility index (Phi) is 1.90. The summed E-state index contributed by atoms with van der Waals surface area (Å²) in [5.41, 5.74) is 0. The quantitative estimate of drug-likeness (QED) is 0.481. The summed E-state index contributed by atoms with van der Waals surface area (Å²) in [5.74, 6) is 0. The minimum absolute atomic E-state index is 0.171. The molecule has 0 aromatic carbocycles. The van der Waals surface area contributed by atoms with Gasteiger partial charge in [-0.3, -0.25) is 0 Å². The molecule has 0 aliphatic carbocycles. The highest BCUT2D eigenvalue weighted by Crippen LogP contribution is 2.29. The van der Waals surface area contributed by atoms with E-state index in [-0.39, 0.29) is 12.6 Å². The second kappa shape index (κ2) is 2.42. The highest BCUT2D eigenvalue weighted by atomic mass is 19.4. The molecule has 0 amide bonds. The molecule has 60 valence electrons. The maximum atomic E-state index is 11.9. The largest absolute Gasteiger partial charge is 0.460 e. The molecule has 1 aliphatic heterocycles. The van der Waals surface area contributed by atoms with Crippen molar-refractivity contribution in [3.8, 4) is 0 Å². The van der Waals surface area contributed by atoms with Crippen molar-refractivity contribution in [1.29, 1.82) is 0 Å². The van der Waals surface area contributed by atoms with Gasteiger partial charge in [-0.25, -0.2) is 4.90 Å². The molecule has 1 fully saturated rings. The number of hydrogen-bond donors (Lipinski definition) is 0. The first kappa shape index (κ1) is 7.85. The SMILES string of the molecule is CC1CCCN1C(F)(F)F. The van der Waals surface area contributed by atoms with Gasteiger partial charge in [0.15, 0.2) is 0 Å². The van der Waals surface area contributed by atoms with Crippen molar-refractivity contribution in [2.75, 3.05) is 6.54 Å². The summed E-state index contributed by atoms with van der Waals surface area (Å²) in [5, 5.41) is 0. The highest BCUT2D eigenvalue weighted by molar-refractivity contribution is 4.76. The van der Waals surface area contributed by atoms with Crippen LogP contribution in [-0.4, -0.2) is 23.8 Å². The van der Waals surface area contributed by atoms with Crippen LogP contribution >= 0.6 is 0 Å². The maximum Gasteiger partial charge on any atom is 0.460 e. The van der Waals surface area contributed by atoms with Gasteiger partial charge in [-0.05, 0) is 19.8 Å². The van der Waals surface area contributed by atoms with E-state index in [9.17, 15) is 13.2 Å². The number of rotatable bonds is 0. The molecule has 1 rings (SSSR count). The van der Waals surface area contributed by atoms with E-state index in [0.717, 1.165) is 0 Å². The zero-order valence-corrected chi connectivity index (χ0v) is 5.78. The van der Waals surface area contributed by atoms with Crippen molar-refractivity contribution in [3.63, 3.8) is 0 Å². The molecule has 0 N–H and O–H groups in total. The number of alkyl halides is 3. The molecule has 1 saturated heterocycles. The van der Waals surface area contributed by atoms with Crippen molar-refractivity contribution >= 4 is 0 Å². The Hall–Kier alpha value is -0.250. The Labute approximate surface area is 57.8 Å². The van der Waals surface area contributed by atoms with E-state index in [2.05, 4.69) is 0 Å². The zero-order chi connectivity index (χ0) is 7.78. The van der Waals surface area contributed by atoms with Crippen LogP contribution in [0.4, 0.5) is 13.2 Å². The fourth-order valence-corrected chi connectivity index (χ4v) is 1.31. The molecule has 1 unspecified atom stereocenters. The Morgan fingerprint density at radius 3 is 2.20 bits per heavy atom. The van der Waals surface area contributed by atoms with E-state index in [1.165, 1.54) is 0 Å². The van der Waals surface area contributed by atoms with Crippen molar-refractivity contribution in [2.24, 2.45) is 0 Å². The summed E-state index contributed by atoms with van der Waals surface area (Å²) in [6.07, 6.45) is -2.78. The number of hydrogen-bond acceptors (Lipinski definition) is 1. The zero-order valence-electron chi connectivity index (χ0n) is 5.78. The lowest BCUT2D eigenvalue weighted by atomic mass is 10.2. The van der Waals surface area contributed by atoms with Crippen LogP contribution in [0, 0.1) is 0 Å². The molecule has 0 aromatic rings. The molecule has 1 aliphatic rings. The maximum absolute atomic E-state index is 11.9. The van der Waals surface area contributed by atoms with Crippen molar-refractivity contribution in [3.05, 3.63) is 0 Å². The van der Waals surface area contributed by atoms with Crippen molar-refractivity contribution in [1.82, 2.24) is 4.90 Å². The van der Waals surface area contributed by atoms with Gasteiger partial charge in [0.1, 0.15) is 0 Å². The Balaban J connectivity index is 2.55. The average Bonchev–Trinajstić information content (AvgIpc) is 2.11. The fourth-order valence-electron chi connectivity index (χ4n) is 1.31. The van der Waals surface area contributed by atoms with Crippen LogP contribution in [0.25, 0.3) is 0 Å². The normalized spacial score (nSPS) is 29.4.